The number of rotatable bonds is 7. The molecule has 4 nitrogen and oxygen atoms in total. The number of benzene rings is 3. The van der Waals surface area contributed by atoms with Gasteiger partial charge in [0.2, 0.25) is 0 Å². The van der Waals surface area contributed by atoms with Crippen LogP contribution in [-0.2, 0) is 9.59 Å². The maximum Gasteiger partial charge on any atom is 0.326 e. The molecule has 1 N–H and O–H groups in total. The van der Waals surface area contributed by atoms with Gasteiger partial charge in [-0.15, -0.1) is 0 Å². The first kappa shape index (κ1) is 23.5. The average molecular weight is 496 g/mol. The van der Waals surface area contributed by atoms with Gasteiger partial charge in [0.1, 0.15) is 10.4 Å². The fraction of sp³-hybridized carbons (Fsp3) is 0.192. The average Bonchev–Trinajstić information content (AvgIpc) is 3.07. The monoisotopic (exact) mass is 495 g/mol. The molecule has 1 fully saturated rings. The summed E-state index contributed by atoms with van der Waals surface area (Å²) in [6, 6.07) is 18.7. The first-order chi connectivity index (χ1) is 15.9. The lowest BCUT2D eigenvalue weighted by Crippen LogP contribution is -2.43. The van der Waals surface area contributed by atoms with Crippen LogP contribution < -0.4 is 0 Å². The van der Waals surface area contributed by atoms with E-state index in [1.165, 1.54) is 4.90 Å². The molecular formula is C26H22ClNO3S2. The Morgan fingerprint density at radius 2 is 1.91 bits per heavy atom. The molecule has 0 spiro atoms. The van der Waals surface area contributed by atoms with E-state index in [9.17, 15) is 14.7 Å². The maximum absolute atomic E-state index is 13.2. The summed E-state index contributed by atoms with van der Waals surface area (Å²) in [5.74, 6) is -1.38. The van der Waals surface area contributed by atoms with Crippen molar-refractivity contribution in [3.05, 3.63) is 76.2 Å². The molecule has 3 aromatic carbocycles. The molecule has 3 aromatic rings. The number of carboxylic acid groups (broad SMARTS) is 1. The zero-order chi connectivity index (χ0) is 23.5. The van der Waals surface area contributed by atoms with Gasteiger partial charge in [-0.05, 0) is 52.1 Å². The van der Waals surface area contributed by atoms with Crippen LogP contribution in [0, 0.1) is 0 Å². The number of nitrogens with zero attached hydrogens (tertiary/aromatic N) is 1. The number of unbranched alkanes of at least 4 members (excludes halogenated alkanes) is 1. The van der Waals surface area contributed by atoms with Gasteiger partial charge in [0.05, 0.1) is 4.91 Å². The Kier molecular flexibility index (Phi) is 7.17. The van der Waals surface area contributed by atoms with Gasteiger partial charge in [-0.3, -0.25) is 9.69 Å². The van der Waals surface area contributed by atoms with E-state index >= 15 is 0 Å². The predicted molar refractivity (Wildman–Crippen MR) is 140 cm³/mol. The Bertz CT molecular complexity index is 1290. The quantitative estimate of drug-likeness (QED) is 0.282. The lowest BCUT2D eigenvalue weighted by Gasteiger charge is -2.22. The number of hydrogen-bond donors (Lipinski definition) is 1. The highest BCUT2D eigenvalue weighted by atomic mass is 35.5. The van der Waals surface area contributed by atoms with E-state index < -0.39 is 12.0 Å². The number of aliphatic carboxylic acids is 1. The summed E-state index contributed by atoms with van der Waals surface area (Å²) in [6.07, 6.45) is 3.74. The standard InChI is InChI=1S/C26H22ClNO3S2/c1-2-3-11-22(25(30)31)28-24(29)23(33-26(28)32)15-17-12-13-20(16-7-6-8-18(27)14-16)21-10-5-4-9-19(17)21/h4-10,12-15,22H,2-3,11H2,1H3,(H,30,31)/b23-15-/t22-/m0/s1. The highest BCUT2D eigenvalue weighted by molar-refractivity contribution is 8.26. The third-order valence-corrected chi connectivity index (χ3v) is 7.20. The van der Waals surface area contributed by atoms with E-state index in [-0.39, 0.29) is 10.2 Å². The van der Waals surface area contributed by atoms with Crippen molar-refractivity contribution < 1.29 is 14.7 Å². The van der Waals surface area contributed by atoms with Crippen molar-refractivity contribution in [2.45, 2.75) is 32.2 Å². The number of fused-ring (bicyclic) bond motifs is 1. The van der Waals surface area contributed by atoms with Crippen LogP contribution in [0.1, 0.15) is 31.7 Å². The highest BCUT2D eigenvalue weighted by Crippen LogP contribution is 2.38. The summed E-state index contributed by atoms with van der Waals surface area (Å²) in [5, 5.41) is 12.4. The number of thioether (sulfide) groups is 1. The second kappa shape index (κ2) is 10.1. The summed E-state index contributed by atoms with van der Waals surface area (Å²) in [5.41, 5.74) is 2.93. The molecule has 0 saturated carbocycles. The lowest BCUT2D eigenvalue weighted by molar-refractivity contribution is -0.145. The molecule has 1 aliphatic heterocycles. The Morgan fingerprint density at radius 3 is 2.61 bits per heavy atom. The fourth-order valence-corrected chi connectivity index (χ4v) is 5.54. The molecule has 168 valence electrons. The van der Waals surface area contributed by atoms with E-state index in [0.717, 1.165) is 45.6 Å². The van der Waals surface area contributed by atoms with Crippen LogP contribution in [-0.4, -0.2) is 32.2 Å². The number of hydrogen-bond acceptors (Lipinski definition) is 4. The molecule has 1 aliphatic rings. The molecule has 0 radical (unpaired) electrons. The smallest absolute Gasteiger partial charge is 0.326 e. The molecule has 1 atom stereocenters. The third-order valence-electron chi connectivity index (χ3n) is 5.63. The summed E-state index contributed by atoms with van der Waals surface area (Å²) in [7, 11) is 0. The van der Waals surface area contributed by atoms with Gasteiger partial charge in [-0.25, -0.2) is 4.79 Å². The van der Waals surface area contributed by atoms with Crippen molar-refractivity contribution in [3.63, 3.8) is 0 Å². The minimum Gasteiger partial charge on any atom is -0.480 e. The summed E-state index contributed by atoms with van der Waals surface area (Å²) in [4.78, 5) is 26.7. The first-order valence-electron chi connectivity index (χ1n) is 10.7. The van der Waals surface area contributed by atoms with Crippen molar-refractivity contribution >= 4 is 68.6 Å². The van der Waals surface area contributed by atoms with Gasteiger partial charge < -0.3 is 5.11 Å². The number of carboxylic acids is 1. The number of halogens is 1. The highest BCUT2D eigenvalue weighted by Gasteiger charge is 2.40. The van der Waals surface area contributed by atoms with E-state index in [1.54, 1.807) is 0 Å². The zero-order valence-electron chi connectivity index (χ0n) is 18.0. The molecular weight excluding hydrogens is 474 g/mol. The van der Waals surface area contributed by atoms with E-state index in [2.05, 4.69) is 0 Å². The summed E-state index contributed by atoms with van der Waals surface area (Å²) >= 11 is 12.8. The third kappa shape index (κ3) is 4.83. The van der Waals surface area contributed by atoms with Crippen LogP contribution in [0.3, 0.4) is 0 Å². The molecule has 0 unspecified atom stereocenters. The minimum absolute atomic E-state index is 0.287. The molecule has 0 aromatic heterocycles. The zero-order valence-corrected chi connectivity index (χ0v) is 20.3. The van der Waals surface area contributed by atoms with Gasteiger partial charge in [0, 0.05) is 5.02 Å². The van der Waals surface area contributed by atoms with Crippen LogP contribution in [0.2, 0.25) is 5.02 Å². The Balaban J connectivity index is 1.74. The van der Waals surface area contributed by atoms with Gasteiger partial charge in [0.15, 0.2) is 0 Å². The minimum atomic E-state index is -1.03. The SMILES string of the molecule is CCCC[C@@H](C(=O)O)N1C(=O)/C(=C/c2ccc(-c3cccc(Cl)c3)c3ccccc23)SC1=S. The molecule has 7 heteroatoms. The fourth-order valence-electron chi connectivity index (χ4n) is 4.01. The van der Waals surface area contributed by atoms with Crippen LogP contribution in [0.25, 0.3) is 28.0 Å². The second-order valence-electron chi connectivity index (χ2n) is 7.81. The molecule has 4 rings (SSSR count). The van der Waals surface area contributed by atoms with Gasteiger partial charge >= 0.3 is 5.97 Å². The van der Waals surface area contributed by atoms with Crippen molar-refractivity contribution in [1.29, 1.82) is 0 Å². The van der Waals surface area contributed by atoms with Gasteiger partial charge in [-0.2, -0.15) is 0 Å². The molecule has 1 amide bonds. The lowest BCUT2D eigenvalue weighted by atomic mass is 9.95. The van der Waals surface area contributed by atoms with Crippen LogP contribution in [0.15, 0.2) is 65.6 Å². The topological polar surface area (TPSA) is 57.6 Å². The Morgan fingerprint density at radius 1 is 1.15 bits per heavy atom. The summed E-state index contributed by atoms with van der Waals surface area (Å²) in [6.45, 7) is 1.99. The van der Waals surface area contributed by atoms with Gasteiger partial charge in [0.25, 0.3) is 5.91 Å². The first-order valence-corrected chi connectivity index (χ1v) is 12.3. The van der Waals surface area contributed by atoms with Crippen molar-refractivity contribution in [2.24, 2.45) is 0 Å². The second-order valence-corrected chi connectivity index (χ2v) is 9.92. The van der Waals surface area contributed by atoms with Gasteiger partial charge in [-0.1, -0.05) is 104 Å². The predicted octanol–water partition coefficient (Wildman–Crippen LogP) is 7.00. The van der Waals surface area contributed by atoms with Crippen molar-refractivity contribution in [2.75, 3.05) is 0 Å². The molecule has 33 heavy (non-hydrogen) atoms. The number of carbonyl (C=O) groups is 2. The van der Waals surface area contributed by atoms with E-state index in [1.807, 2.05) is 73.7 Å². The van der Waals surface area contributed by atoms with Crippen molar-refractivity contribution in [1.82, 2.24) is 4.90 Å². The van der Waals surface area contributed by atoms with Crippen LogP contribution >= 0.6 is 35.6 Å². The largest absolute Gasteiger partial charge is 0.480 e. The molecule has 0 aliphatic carbocycles. The van der Waals surface area contributed by atoms with E-state index in [4.69, 9.17) is 23.8 Å². The Hall–Kier alpha value is -2.67. The molecule has 1 heterocycles. The number of amides is 1. The van der Waals surface area contributed by atoms with E-state index in [0.29, 0.717) is 22.8 Å². The van der Waals surface area contributed by atoms with Crippen LogP contribution in [0.4, 0.5) is 0 Å². The number of carbonyl (C=O) groups excluding carboxylic acids is 1. The molecule has 0 bridgehead atoms. The maximum atomic E-state index is 13.2. The normalized spacial score (nSPS) is 16.1. The van der Waals surface area contributed by atoms with Crippen molar-refractivity contribution in [3.8, 4) is 11.1 Å². The van der Waals surface area contributed by atoms with Crippen LogP contribution in [0.5, 0.6) is 0 Å². The Labute approximate surface area is 207 Å². The molecule has 1 saturated heterocycles. The summed E-state index contributed by atoms with van der Waals surface area (Å²) < 4.78 is 0.287. The number of thiocarbonyl (C=S) groups is 1.